The smallest absolute Gasteiger partial charge is 0.131 e. The number of hydrogen-bond donors (Lipinski definition) is 3. The Balaban J connectivity index is 2.55. The highest BCUT2D eigenvalue weighted by Crippen LogP contribution is 2.10. The van der Waals surface area contributed by atoms with Crippen LogP contribution in [-0.2, 0) is 0 Å². The van der Waals surface area contributed by atoms with Crippen molar-refractivity contribution < 1.29 is 0 Å². The van der Waals surface area contributed by atoms with Gasteiger partial charge in [-0.05, 0) is 21.0 Å². The van der Waals surface area contributed by atoms with Gasteiger partial charge in [0.15, 0.2) is 0 Å². The van der Waals surface area contributed by atoms with E-state index in [1.165, 1.54) is 0 Å². The average Bonchev–Trinajstić information content (AvgIpc) is 2.25. The second kappa shape index (κ2) is 7.34. The molecule has 1 heterocycles. The van der Waals surface area contributed by atoms with Crippen molar-refractivity contribution in [3.05, 3.63) is 11.9 Å². The molecule has 96 valence electrons. The lowest BCUT2D eigenvalue weighted by atomic mass is 10.4. The molecule has 17 heavy (non-hydrogen) atoms. The van der Waals surface area contributed by atoms with Crippen LogP contribution in [0.1, 0.15) is 5.82 Å². The fraction of sp³-hybridized carbons (Fsp3) is 0.636. The largest absolute Gasteiger partial charge is 0.369 e. The van der Waals surface area contributed by atoms with E-state index in [0.717, 1.165) is 42.8 Å². The fourth-order valence-corrected chi connectivity index (χ4v) is 1.45. The molecule has 0 radical (unpaired) electrons. The summed E-state index contributed by atoms with van der Waals surface area (Å²) in [5.74, 6) is 3.26. The molecular formula is C11H21N5S. The van der Waals surface area contributed by atoms with Crippen LogP contribution < -0.4 is 10.6 Å². The summed E-state index contributed by atoms with van der Waals surface area (Å²) < 4.78 is 0. The first-order chi connectivity index (χ1) is 8.11. The van der Waals surface area contributed by atoms with Crippen LogP contribution in [0.2, 0.25) is 0 Å². The van der Waals surface area contributed by atoms with E-state index in [-0.39, 0.29) is 0 Å². The number of nitrogens with one attached hydrogen (secondary N) is 2. The minimum atomic E-state index is 0.765. The summed E-state index contributed by atoms with van der Waals surface area (Å²) in [7, 11) is 4.10. The Hall–Kier alpha value is -1.01. The first-order valence-corrected chi connectivity index (χ1v) is 6.34. The summed E-state index contributed by atoms with van der Waals surface area (Å²) in [6.45, 7) is 4.54. The molecular weight excluding hydrogens is 234 g/mol. The van der Waals surface area contributed by atoms with Gasteiger partial charge in [0.2, 0.25) is 0 Å². The van der Waals surface area contributed by atoms with Gasteiger partial charge in [-0.15, -0.1) is 0 Å². The van der Waals surface area contributed by atoms with Crippen molar-refractivity contribution in [2.45, 2.75) is 6.92 Å². The molecule has 0 bridgehead atoms. The highest BCUT2D eigenvalue weighted by atomic mass is 32.1. The van der Waals surface area contributed by atoms with Crippen molar-refractivity contribution in [1.82, 2.24) is 14.9 Å². The van der Waals surface area contributed by atoms with Crippen molar-refractivity contribution in [1.29, 1.82) is 0 Å². The molecule has 0 aromatic carbocycles. The van der Waals surface area contributed by atoms with Crippen LogP contribution in [0.5, 0.6) is 0 Å². The molecule has 1 aromatic rings. The van der Waals surface area contributed by atoms with Gasteiger partial charge in [0, 0.05) is 31.5 Å². The molecule has 0 aliphatic heterocycles. The van der Waals surface area contributed by atoms with Crippen molar-refractivity contribution in [3.8, 4) is 0 Å². The van der Waals surface area contributed by atoms with Crippen LogP contribution >= 0.6 is 12.6 Å². The second-order valence-electron chi connectivity index (χ2n) is 4.07. The van der Waals surface area contributed by atoms with Gasteiger partial charge in [-0.1, -0.05) is 0 Å². The molecule has 0 atom stereocenters. The molecule has 0 aliphatic rings. The Morgan fingerprint density at radius 3 is 2.29 bits per heavy atom. The maximum Gasteiger partial charge on any atom is 0.131 e. The molecule has 1 aromatic heterocycles. The Kier molecular flexibility index (Phi) is 6.07. The Morgan fingerprint density at radius 1 is 1.18 bits per heavy atom. The number of rotatable bonds is 7. The summed E-state index contributed by atoms with van der Waals surface area (Å²) >= 11 is 4.15. The van der Waals surface area contributed by atoms with Crippen LogP contribution in [0.4, 0.5) is 11.6 Å². The predicted octanol–water partition coefficient (Wildman–Crippen LogP) is 1.10. The summed E-state index contributed by atoms with van der Waals surface area (Å²) in [5, 5.41) is 6.48. The first-order valence-electron chi connectivity index (χ1n) is 5.71. The molecule has 0 saturated carbocycles. The van der Waals surface area contributed by atoms with Crippen molar-refractivity contribution >= 4 is 24.3 Å². The van der Waals surface area contributed by atoms with E-state index in [9.17, 15) is 0 Å². The van der Waals surface area contributed by atoms with E-state index in [2.05, 4.69) is 38.1 Å². The average molecular weight is 255 g/mol. The van der Waals surface area contributed by atoms with Crippen molar-refractivity contribution in [2.24, 2.45) is 0 Å². The number of anilines is 2. The predicted molar refractivity (Wildman–Crippen MR) is 76.2 cm³/mol. The summed E-state index contributed by atoms with van der Waals surface area (Å²) in [6.07, 6.45) is 0. The standard InChI is InChI=1S/C11H21N5S/c1-9-14-10(12-4-6-16(2)3)8-11(15-9)13-5-7-17/h8,17H,4-7H2,1-3H3,(H2,12,13,14,15). The third kappa shape index (κ3) is 5.74. The molecule has 0 amide bonds. The summed E-state index contributed by atoms with van der Waals surface area (Å²) in [6, 6.07) is 1.92. The SMILES string of the molecule is Cc1nc(NCCS)cc(NCCN(C)C)n1. The fourth-order valence-electron chi connectivity index (χ4n) is 1.34. The van der Waals surface area contributed by atoms with Gasteiger partial charge in [-0.3, -0.25) is 0 Å². The third-order valence-corrected chi connectivity index (χ3v) is 2.34. The number of thiol groups is 1. The molecule has 6 heteroatoms. The van der Waals surface area contributed by atoms with Gasteiger partial charge in [0.05, 0.1) is 0 Å². The van der Waals surface area contributed by atoms with E-state index in [0.29, 0.717) is 0 Å². The second-order valence-corrected chi connectivity index (χ2v) is 4.51. The van der Waals surface area contributed by atoms with Gasteiger partial charge in [0.1, 0.15) is 17.5 Å². The first kappa shape index (κ1) is 14.1. The van der Waals surface area contributed by atoms with E-state index >= 15 is 0 Å². The third-order valence-electron chi connectivity index (χ3n) is 2.12. The Morgan fingerprint density at radius 2 is 1.76 bits per heavy atom. The quantitative estimate of drug-likeness (QED) is 0.637. The van der Waals surface area contributed by atoms with E-state index in [1.54, 1.807) is 0 Å². The molecule has 1 rings (SSSR count). The maximum atomic E-state index is 4.34. The zero-order chi connectivity index (χ0) is 12.7. The molecule has 2 N–H and O–H groups in total. The van der Waals surface area contributed by atoms with Gasteiger partial charge in [-0.2, -0.15) is 12.6 Å². The van der Waals surface area contributed by atoms with Gasteiger partial charge in [-0.25, -0.2) is 9.97 Å². The topological polar surface area (TPSA) is 53.1 Å². The number of nitrogens with zero attached hydrogens (tertiary/aromatic N) is 3. The molecule has 0 unspecified atom stereocenters. The molecule has 0 saturated heterocycles. The van der Waals surface area contributed by atoms with Crippen LogP contribution in [0, 0.1) is 6.92 Å². The van der Waals surface area contributed by atoms with Crippen LogP contribution in [-0.4, -0.2) is 54.4 Å². The lowest BCUT2D eigenvalue weighted by molar-refractivity contribution is 0.425. The lowest BCUT2D eigenvalue weighted by Gasteiger charge is -2.12. The van der Waals surface area contributed by atoms with Crippen LogP contribution in [0.3, 0.4) is 0 Å². The molecule has 5 nitrogen and oxygen atoms in total. The summed E-state index contributed by atoms with van der Waals surface area (Å²) in [4.78, 5) is 10.8. The Labute approximate surface area is 108 Å². The highest BCUT2D eigenvalue weighted by Gasteiger charge is 2.01. The van der Waals surface area contributed by atoms with E-state index < -0.39 is 0 Å². The van der Waals surface area contributed by atoms with Crippen molar-refractivity contribution in [2.75, 3.05) is 50.1 Å². The zero-order valence-electron chi connectivity index (χ0n) is 10.7. The van der Waals surface area contributed by atoms with Gasteiger partial charge >= 0.3 is 0 Å². The summed E-state index contributed by atoms with van der Waals surface area (Å²) in [5.41, 5.74) is 0. The normalized spacial score (nSPS) is 10.6. The lowest BCUT2D eigenvalue weighted by Crippen LogP contribution is -2.21. The minimum absolute atomic E-state index is 0.765. The minimum Gasteiger partial charge on any atom is -0.369 e. The highest BCUT2D eigenvalue weighted by molar-refractivity contribution is 7.80. The van der Waals surface area contributed by atoms with Crippen LogP contribution in [0.25, 0.3) is 0 Å². The maximum absolute atomic E-state index is 4.34. The molecule has 0 spiro atoms. The zero-order valence-corrected chi connectivity index (χ0v) is 11.6. The van der Waals surface area contributed by atoms with E-state index in [1.807, 2.05) is 27.1 Å². The van der Waals surface area contributed by atoms with E-state index in [4.69, 9.17) is 0 Å². The van der Waals surface area contributed by atoms with Gasteiger partial charge < -0.3 is 15.5 Å². The van der Waals surface area contributed by atoms with Gasteiger partial charge in [0.25, 0.3) is 0 Å². The number of aromatic nitrogens is 2. The molecule has 0 fully saturated rings. The number of hydrogen-bond acceptors (Lipinski definition) is 6. The Bertz CT molecular complexity index is 343. The van der Waals surface area contributed by atoms with Crippen molar-refractivity contribution in [3.63, 3.8) is 0 Å². The monoisotopic (exact) mass is 255 g/mol. The number of likely N-dealkylation sites (N-methyl/N-ethyl adjacent to an activating group) is 1. The molecule has 0 aliphatic carbocycles. The van der Waals surface area contributed by atoms with Crippen LogP contribution in [0.15, 0.2) is 6.07 Å². The number of aryl methyl sites for hydroxylation is 1.